The Morgan fingerprint density at radius 2 is 1.88 bits per heavy atom. The van der Waals surface area contributed by atoms with E-state index >= 15 is 0 Å². The van der Waals surface area contributed by atoms with Crippen molar-refractivity contribution in [2.45, 2.75) is 37.3 Å². The van der Waals surface area contributed by atoms with Crippen LogP contribution in [0.3, 0.4) is 0 Å². The molecule has 8 nitrogen and oxygen atoms in total. The molecule has 2 aliphatic rings. The lowest BCUT2D eigenvalue weighted by molar-refractivity contribution is -0.123. The van der Waals surface area contributed by atoms with Crippen molar-refractivity contribution in [1.29, 1.82) is 0 Å². The number of carbonyl (C=O) groups excluding carboxylic acids is 2. The van der Waals surface area contributed by atoms with Crippen LogP contribution < -0.4 is 16.4 Å². The quantitative estimate of drug-likeness (QED) is 0.711. The smallest absolute Gasteiger partial charge is 0.322 e. The van der Waals surface area contributed by atoms with Crippen molar-refractivity contribution in [2.24, 2.45) is 5.73 Å². The monoisotopic (exact) mass is 363 g/mol. The van der Waals surface area contributed by atoms with Gasteiger partial charge in [-0.25, -0.2) is 4.79 Å². The predicted molar refractivity (Wildman–Crippen MR) is 90.7 cm³/mol. The van der Waals surface area contributed by atoms with Gasteiger partial charge < -0.3 is 15.6 Å². The van der Waals surface area contributed by atoms with Crippen LogP contribution in [0.4, 0.5) is 4.79 Å². The van der Waals surface area contributed by atoms with E-state index in [1.54, 1.807) is 31.2 Å². The standard InChI is InChI=1S/C16H17N5O3.ClH/c1-15(13(22)19-14(23)20-15)10-5-3-9(4-6-10)11-18-12(21-24-11)16(17)7-2-8-16;/h3-6H,2,7-8,17H2,1H3,(H2,19,20,22,23);1H. The second kappa shape index (κ2) is 5.82. The molecule has 1 aliphatic heterocycles. The maximum Gasteiger partial charge on any atom is 0.322 e. The molecule has 1 aromatic carbocycles. The average molecular weight is 364 g/mol. The molecule has 0 spiro atoms. The van der Waals surface area contributed by atoms with E-state index in [0.29, 0.717) is 17.3 Å². The van der Waals surface area contributed by atoms with E-state index in [1.807, 2.05) is 0 Å². The molecule has 132 valence electrons. The van der Waals surface area contributed by atoms with Gasteiger partial charge in [-0.15, -0.1) is 12.4 Å². The van der Waals surface area contributed by atoms with E-state index in [9.17, 15) is 9.59 Å². The molecule has 1 saturated heterocycles. The van der Waals surface area contributed by atoms with Crippen LogP contribution in [0, 0.1) is 0 Å². The zero-order valence-corrected chi connectivity index (χ0v) is 14.4. The summed E-state index contributed by atoms with van der Waals surface area (Å²) in [4.78, 5) is 27.7. The summed E-state index contributed by atoms with van der Waals surface area (Å²) in [5.41, 5.74) is 6.05. The first kappa shape index (κ1) is 17.4. The van der Waals surface area contributed by atoms with Gasteiger partial charge >= 0.3 is 6.03 Å². The van der Waals surface area contributed by atoms with Crippen LogP contribution in [-0.2, 0) is 15.9 Å². The van der Waals surface area contributed by atoms with Crippen molar-refractivity contribution in [3.8, 4) is 11.5 Å². The van der Waals surface area contributed by atoms with E-state index in [4.69, 9.17) is 10.3 Å². The number of amides is 3. The Kier molecular flexibility index (Phi) is 4.04. The molecule has 1 atom stereocenters. The fourth-order valence-electron chi connectivity index (χ4n) is 3.02. The van der Waals surface area contributed by atoms with Crippen molar-refractivity contribution in [3.63, 3.8) is 0 Å². The minimum Gasteiger partial charge on any atom is -0.334 e. The summed E-state index contributed by atoms with van der Waals surface area (Å²) in [6.45, 7) is 1.65. The van der Waals surface area contributed by atoms with Gasteiger partial charge in [0.1, 0.15) is 5.54 Å². The highest BCUT2D eigenvalue weighted by molar-refractivity contribution is 6.07. The molecule has 2 aromatic rings. The lowest BCUT2D eigenvalue weighted by Gasteiger charge is -2.34. The predicted octanol–water partition coefficient (Wildman–Crippen LogP) is 1.55. The number of halogens is 1. The summed E-state index contributed by atoms with van der Waals surface area (Å²) < 4.78 is 5.31. The molecule has 4 rings (SSSR count). The van der Waals surface area contributed by atoms with Gasteiger partial charge in [0, 0.05) is 5.56 Å². The minimum atomic E-state index is -1.08. The van der Waals surface area contributed by atoms with Crippen molar-refractivity contribution in [1.82, 2.24) is 20.8 Å². The normalized spacial score (nSPS) is 24.1. The number of benzene rings is 1. The zero-order chi connectivity index (χ0) is 16.9. The van der Waals surface area contributed by atoms with Crippen LogP contribution in [0.1, 0.15) is 37.6 Å². The van der Waals surface area contributed by atoms with E-state index in [2.05, 4.69) is 20.8 Å². The first-order chi connectivity index (χ1) is 11.4. The highest BCUT2D eigenvalue weighted by atomic mass is 35.5. The molecule has 9 heteroatoms. The van der Waals surface area contributed by atoms with E-state index in [-0.39, 0.29) is 18.3 Å². The number of hydrogen-bond acceptors (Lipinski definition) is 6. The first-order valence-electron chi connectivity index (χ1n) is 7.78. The number of urea groups is 1. The molecule has 2 fully saturated rings. The number of carbonyl (C=O) groups is 2. The van der Waals surface area contributed by atoms with Crippen LogP contribution in [0.5, 0.6) is 0 Å². The van der Waals surface area contributed by atoms with Gasteiger partial charge in [-0.1, -0.05) is 17.3 Å². The highest BCUT2D eigenvalue weighted by Crippen LogP contribution is 2.37. The van der Waals surface area contributed by atoms with Gasteiger partial charge in [0.2, 0.25) is 0 Å². The van der Waals surface area contributed by atoms with Crippen LogP contribution in [-0.4, -0.2) is 22.1 Å². The maximum absolute atomic E-state index is 12.0. The third kappa shape index (κ3) is 2.67. The number of nitrogens with two attached hydrogens (primary N) is 1. The third-order valence-electron chi connectivity index (χ3n) is 4.87. The van der Waals surface area contributed by atoms with E-state index < -0.39 is 17.1 Å². The lowest BCUT2D eigenvalue weighted by atomic mass is 9.77. The molecule has 0 radical (unpaired) electrons. The zero-order valence-electron chi connectivity index (χ0n) is 13.5. The van der Waals surface area contributed by atoms with Gasteiger partial charge in [0.15, 0.2) is 5.82 Å². The number of nitrogens with zero attached hydrogens (tertiary/aromatic N) is 2. The number of nitrogens with one attached hydrogen (secondary N) is 2. The molecular weight excluding hydrogens is 346 g/mol. The Morgan fingerprint density at radius 1 is 1.20 bits per heavy atom. The van der Waals surface area contributed by atoms with Gasteiger partial charge in [0.05, 0.1) is 5.54 Å². The molecule has 3 amide bonds. The number of aromatic nitrogens is 2. The van der Waals surface area contributed by atoms with Gasteiger partial charge in [-0.3, -0.25) is 10.1 Å². The molecule has 1 aliphatic carbocycles. The first-order valence-corrected chi connectivity index (χ1v) is 7.78. The fourth-order valence-corrected chi connectivity index (χ4v) is 3.02. The molecule has 1 aromatic heterocycles. The van der Waals surface area contributed by atoms with Crippen molar-refractivity contribution in [2.75, 3.05) is 0 Å². The molecule has 1 saturated carbocycles. The van der Waals surface area contributed by atoms with Crippen molar-refractivity contribution in [3.05, 3.63) is 35.7 Å². The molecular formula is C16H18ClN5O3. The number of hydrogen-bond donors (Lipinski definition) is 3. The van der Waals surface area contributed by atoms with Gasteiger partial charge in [-0.05, 0) is 43.9 Å². The van der Waals surface area contributed by atoms with Crippen LogP contribution in [0.15, 0.2) is 28.8 Å². The summed E-state index contributed by atoms with van der Waals surface area (Å²) in [6.07, 6.45) is 2.79. The number of imide groups is 1. The summed E-state index contributed by atoms with van der Waals surface area (Å²) in [7, 11) is 0. The summed E-state index contributed by atoms with van der Waals surface area (Å²) in [5, 5.41) is 8.86. The van der Waals surface area contributed by atoms with Crippen LogP contribution >= 0.6 is 12.4 Å². The van der Waals surface area contributed by atoms with Gasteiger partial charge in [-0.2, -0.15) is 4.98 Å². The Morgan fingerprint density at radius 3 is 2.40 bits per heavy atom. The summed E-state index contributed by atoms with van der Waals surface area (Å²) >= 11 is 0. The Hall–Kier alpha value is -2.45. The Bertz CT molecular complexity index is 831. The molecule has 2 heterocycles. The fraction of sp³-hybridized carbons (Fsp3) is 0.375. The second-order valence-electron chi connectivity index (χ2n) is 6.54. The summed E-state index contributed by atoms with van der Waals surface area (Å²) in [5.74, 6) is 0.538. The maximum atomic E-state index is 12.0. The Labute approximate surface area is 149 Å². The van der Waals surface area contributed by atoms with Crippen molar-refractivity contribution < 1.29 is 14.1 Å². The highest BCUT2D eigenvalue weighted by Gasteiger charge is 2.43. The van der Waals surface area contributed by atoms with E-state index in [0.717, 1.165) is 24.8 Å². The average Bonchev–Trinajstić information content (AvgIpc) is 3.11. The Balaban J connectivity index is 0.00000182. The van der Waals surface area contributed by atoms with Gasteiger partial charge in [0.25, 0.3) is 11.8 Å². The summed E-state index contributed by atoms with van der Waals surface area (Å²) in [6, 6.07) is 6.57. The van der Waals surface area contributed by atoms with Crippen LogP contribution in [0.2, 0.25) is 0 Å². The SMILES string of the molecule is CC1(c2ccc(-c3nc(C4(N)CCC4)no3)cc2)NC(=O)NC1=O.Cl. The lowest BCUT2D eigenvalue weighted by Crippen LogP contribution is -2.44. The molecule has 1 unspecified atom stereocenters. The van der Waals surface area contributed by atoms with E-state index in [1.165, 1.54) is 0 Å². The van der Waals surface area contributed by atoms with Crippen molar-refractivity contribution >= 4 is 24.3 Å². The number of rotatable bonds is 3. The largest absolute Gasteiger partial charge is 0.334 e. The minimum absolute atomic E-state index is 0. The molecule has 25 heavy (non-hydrogen) atoms. The topological polar surface area (TPSA) is 123 Å². The third-order valence-corrected chi connectivity index (χ3v) is 4.87. The van der Waals surface area contributed by atoms with Crippen LogP contribution in [0.25, 0.3) is 11.5 Å². The molecule has 4 N–H and O–H groups in total. The second-order valence-corrected chi connectivity index (χ2v) is 6.54. The molecule has 0 bridgehead atoms.